The molecule has 33 heavy (non-hydrogen) atoms. The zero-order valence-electron chi connectivity index (χ0n) is 18.0. The van der Waals surface area contributed by atoms with E-state index in [9.17, 15) is 16.8 Å². The first-order valence-corrected chi connectivity index (χ1v) is 13.7. The molecule has 1 aliphatic rings. The van der Waals surface area contributed by atoms with Gasteiger partial charge in [0.05, 0.1) is 48.1 Å². The van der Waals surface area contributed by atoms with Gasteiger partial charge in [0.2, 0.25) is 10.0 Å². The zero-order chi connectivity index (χ0) is 24.4. The molecule has 2 unspecified atom stereocenters. The smallest absolute Gasteiger partial charge is 0.264 e. The molecule has 0 radical (unpaired) electrons. The molecule has 1 heterocycles. The molecule has 0 aromatic heterocycles. The Hall–Kier alpha value is -1.60. The van der Waals surface area contributed by atoms with E-state index in [2.05, 4.69) is 0 Å². The Bertz CT molecular complexity index is 1220. The lowest BCUT2D eigenvalue weighted by molar-refractivity contribution is 0.0129. The van der Waals surface area contributed by atoms with E-state index in [-0.39, 0.29) is 35.2 Å². The molecule has 2 atom stereocenters. The van der Waals surface area contributed by atoms with Gasteiger partial charge in [-0.1, -0.05) is 29.3 Å². The average Bonchev–Trinajstić information content (AvgIpc) is 3.19. The number of hydrogen-bond acceptors (Lipinski definition) is 8. The van der Waals surface area contributed by atoms with Crippen molar-refractivity contribution in [3.05, 3.63) is 52.0 Å². The number of ether oxygens (including phenoxy) is 3. The summed E-state index contributed by atoms with van der Waals surface area (Å²) in [5.74, 6) is 0.633. The van der Waals surface area contributed by atoms with E-state index in [1.807, 2.05) is 0 Å². The van der Waals surface area contributed by atoms with Crippen LogP contribution in [0.5, 0.6) is 11.5 Å². The molecular weight excluding hydrogens is 517 g/mol. The highest BCUT2D eigenvalue weighted by molar-refractivity contribution is 7.89. The van der Waals surface area contributed by atoms with Crippen molar-refractivity contribution >= 4 is 43.3 Å². The van der Waals surface area contributed by atoms with E-state index < -0.39 is 32.5 Å². The van der Waals surface area contributed by atoms with Gasteiger partial charge in [0.15, 0.2) is 17.7 Å². The molecule has 13 heteroatoms. The summed E-state index contributed by atoms with van der Waals surface area (Å²) >= 11 is 12.1. The Balaban J connectivity index is 1.96. The van der Waals surface area contributed by atoms with Crippen molar-refractivity contribution in [2.45, 2.75) is 23.6 Å². The van der Waals surface area contributed by atoms with Crippen molar-refractivity contribution in [2.24, 2.45) is 0 Å². The maximum atomic E-state index is 13.6. The van der Waals surface area contributed by atoms with Gasteiger partial charge in [0, 0.05) is 12.6 Å². The van der Waals surface area contributed by atoms with E-state index in [1.54, 1.807) is 12.1 Å². The number of hydrogen-bond donors (Lipinski definition) is 0. The predicted molar refractivity (Wildman–Crippen MR) is 123 cm³/mol. The van der Waals surface area contributed by atoms with Crippen LogP contribution in [0.4, 0.5) is 0 Å². The highest BCUT2D eigenvalue weighted by Gasteiger charge is 2.42. The third-order valence-electron chi connectivity index (χ3n) is 4.89. The van der Waals surface area contributed by atoms with E-state index in [1.165, 1.54) is 42.8 Å². The summed E-state index contributed by atoms with van der Waals surface area (Å²) in [6, 6.07) is 8.95. The van der Waals surface area contributed by atoms with E-state index in [4.69, 9.17) is 41.6 Å². The van der Waals surface area contributed by atoms with Crippen LogP contribution < -0.4 is 9.47 Å². The van der Waals surface area contributed by atoms with E-state index >= 15 is 0 Å². The van der Waals surface area contributed by atoms with E-state index in [0.717, 1.165) is 6.26 Å². The average molecular weight is 540 g/mol. The molecule has 0 spiro atoms. The number of methoxy groups -OCH3 is 2. The maximum absolute atomic E-state index is 13.6. The highest BCUT2D eigenvalue weighted by atomic mass is 35.5. The van der Waals surface area contributed by atoms with Crippen molar-refractivity contribution in [1.82, 2.24) is 4.31 Å². The molecule has 1 fully saturated rings. The van der Waals surface area contributed by atoms with Crippen LogP contribution in [0.25, 0.3) is 0 Å². The molecule has 2 aromatic carbocycles. The number of nitrogens with zero attached hydrogens (tertiary/aromatic N) is 1. The molecule has 0 amide bonds. The molecule has 2 aromatic rings. The highest BCUT2D eigenvalue weighted by Crippen LogP contribution is 2.39. The Morgan fingerprint density at radius 2 is 1.70 bits per heavy atom. The predicted octanol–water partition coefficient (Wildman–Crippen LogP) is 3.47. The molecular formula is C20H23Cl2NO8S2. The molecule has 3 rings (SSSR count). The minimum absolute atomic E-state index is 0.0261. The summed E-state index contributed by atoms with van der Waals surface area (Å²) in [4.78, 5) is -0.0261. The van der Waals surface area contributed by atoms with Gasteiger partial charge in [-0.25, -0.2) is 8.42 Å². The lowest BCUT2D eigenvalue weighted by Crippen LogP contribution is -2.32. The monoisotopic (exact) mass is 539 g/mol. The zero-order valence-corrected chi connectivity index (χ0v) is 21.2. The van der Waals surface area contributed by atoms with Gasteiger partial charge in [-0.05, 0) is 36.2 Å². The third kappa shape index (κ3) is 6.10. The van der Waals surface area contributed by atoms with E-state index in [0.29, 0.717) is 16.3 Å². The first-order chi connectivity index (χ1) is 15.5. The summed E-state index contributed by atoms with van der Waals surface area (Å²) < 4.78 is 72.1. The third-order valence-corrected chi connectivity index (χ3v) is 8.04. The Labute approximate surface area is 203 Å². The van der Waals surface area contributed by atoms with Crippen molar-refractivity contribution in [1.29, 1.82) is 0 Å². The van der Waals surface area contributed by atoms with Gasteiger partial charge in [-0.15, -0.1) is 0 Å². The summed E-state index contributed by atoms with van der Waals surface area (Å²) in [5, 5.41) is 0.552. The van der Waals surface area contributed by atoms with Crippen LogP contribution in [0.2, 0.25) is 10.0 Å². The Morgan fingerprint density at radius 1 is 1.00 bits per heavy atom. The SMILES string of the molecule is COc1ccc(S(=O)(=O)N2CC(CCOS(C)(=O)=O)OC2c2ccc(Cl)c(Cl)c2)cc1OC. The van der Waals surface area contributed by atoms with Gasteiger partial charge in [-0.2, -0.15) is 12.7 Å². The standard InChI is InChI=1S/C20H23Cl2NO8S2/c1-28-18-7-5-15(11-19(18)29-2)33(26,27)23-12-14(8-9-30-32(3,24)25)31-20(23)13-4-6-16(21)17(22)10-13/h4-7,10-11,14,20H,8-9,12H2,1-3H3. The normalized spacial score (nSPS) is 19.5. The molecule has 9 nitrogen and oxygen atoms in total. The van der Waals surface area contributed by atoms with Crippen LogP contribution in [-0.4, -0.2) is 60.9 Å². The van der Waals surface area contributed by atoms with Gasteiger partial charge >= 0.3 is 0 Å². The van der Waals surface area contributed by atoms with Gasteiger partial charge in [0.25, 0.3) is 10.1 Å². The summed E-state index contributed by atoms with van der Waals surface area (Å²) in [5.41, 5.74) is 0.472. The Morgan fingerprint density at radius 3 is 2.30 bits per heavy atom. The number of rotatable bonds is 9. The van der Waals surface area contributed by atoms with Gasteiger partial charge in [0.1, 0.15) is 0 Å². The number of benzene rings is 2. The summed E-state index contributed by atoms with van der Waals surface area (Å²) in [6.07, 6.45) is -0.542. The molecule has 1 saturated heterocycles. The molecule has 182 valence electrons. The molecule has 0 N–H and O–H groups in total. The largest absolute Gasteiger partial charge is 0.493 e. The van der Waals surface area contributed by atoms with Gasteiger partial charge in [-0.3, -0.25) is 4.18 Å². The molecule has 1 aliphatic heterocycles. The minimum atomic E-state index is -4.07. The van der Waals surface area contributed by atoms with Gasteiger partial charge < -0.3 is 14.2 Å². The molecule has 0 bridgehead atoms. The van der Waals surface area contributed by atoms with Crippen molar-refractivity contribution in [3.8, 4) is 11.5 Å². The second-order valence-electron chi connectivity index (χ2n) is 7.19. The lowest BCUT2D eigenvalue weighted by atomic mass is 10.2. The summed E-state index contributed by atoms with van der Waals surface area (Å²) in [6.45, 7) is -0.184. The molecule has 0 saturated carbocycles. The first kappa shape index (κ1) is 26.0. The van der Waals surface area contributed by atoms with Crippen LogP contribution in [0, 0.1) is 0 Å². The topological polar surface area (TPSA) is 108 Å². The van der Waals surface area contributed by atoms with Crippen LogP contribution in [0.15, 0.2) is 41.3 Å². The van der Waals surface area contributed by atoms with Crippen LogP contribution in [-0.2, 0) is 29.1 Å². The van der Waals surface area contributed by atoms with Crippen LogP contribution in [0.3, 0.4) is 0 Å². The fourth-order valence-electron chi connectivity index (χ4n) is 3.33. The molecule has 0 aliphatic carbocycles. The van der Waals surface area contributed by atoms with Crippen LogP contribution in [0.1, 0.15) is 18.2 Å². The minimum Gasteiger partial charge on any atom is -0.493 e. The van der Waals surface area contributed by atoms with Crippen molar-refractivity contribution in [3.63, 3.8) is 0 Å². The fraction of sp³-hybridized carbons (Fsp3) is 0.400. The second kappa shape index (κ2) is 10.3. The number of halogens is 2. The summed E-state index contributed by atoms with van der Waals surface area (Å²) in [7, 11) is -4.85. The van der Waals surface area contributed by atoms with Crippen molar-refractivity contribution < 1.29 is 35.2 Å². The second-order valence-corrected chi connectivity index (χ2v) is 11.5. The lowest BCUT2D eigenvalue weighted by Gasteiger charge is -2.23. The first-order valence-electron chi connectivity index (χ1n) is 9.65. The van der Waals surface area contributed by atoms with Crippen molar-refractivity contribution in [2.75, 3.05) is 33.6 Å². The number of sulfonamides is 1. The quantitative estimate of drug-likeness (QED) is 0.445. The Kier molecular flexibility index (Phi) is 8.15. The maximum Gasteiger partial charge on any atom is 0.264 e. The fourth-order valence-corrected chi connectivity index (χ4v) is 5.59. The van der Waals surface area contributed by atoms with Crippen LogP contribution >= 0.6 is 23.2 Å².